The molecule has 1 aliphatic heterocycles. The normalized spacial score (nSPS) is 18.2. The molecule has 1 aliphatic rings. The van der Waals surface area contributed by atoms with E-state index in [2.05, 4.69) is 53.5 Å². The zero-order valence-electron chi connectivity index (χ0n) is 19.3. The van der Waals surface area contributed by atoms with Crippen LogP contribution in [0.15, 0.2) is 54.9 Å². The summed E-state index contributed by atoms with van der Waals surface area (Å²) in [6.45, 7) is 5.08. The van der Waals surface area contributed by atoms with Crippen LogP contribution in [0.1, 0.15) is 37.3 Å². The van der Waals surface area contributed by atoms with Crippen molar-refractivity contribution in [3.05, 3.63) is 66.0 Å². The minimum atomic E-state index is -0.513. The Labute approximate surface area is 198 Å². The van der Waals surface area contributed by atoms with Crippen molar-refractivity contribution in [3.63, 3.8) is 0 Å². The maximum Gasteiger partial charge on any atom is 0.231 e. The van der Waals surface area contributed by atoms with Crippen molar-refractivity contribution in [3.8, 4) is 11.3 Å². The number of nitrogens with one attached hydrogen (secondary N) is 1. The number of anilines is 2. The van der Waals surface area contributed by atoms with Gasteiger partial charge in [-0.05, 0) is 30.0 Å². The van der Waals surface area contributed by atoms with E-state index in [1.165, 1.54) is 0 Å². The van der Waals surface area contributed by atoms with Crippen LogP contribution in [-0.4, -0.2) is 60.1 Å². The van der Waals surface area contributed by atoms with Gasteiger partial charge in [-0.15, -0.1) is 0 Å². The Morgan fingerprint density at radius 1 is 1.12 bits per heavy atom. The molecule has 1 fully saturated rings. The summed E-state index contributed by atoms with van der Waals surface area (Å²) in [4.78, 5) is 15.8. The van der Waals surface area contributed by atoms with Crippen molar-refractivity contribution in [2.75, 3.05) is 23.4 Å². The monoisotopic (exact) mass is 459 g/mol. The van der Waals surface area contributed by atoms with E-state index in [4.69, 9.17) is 9.97 Å². The summed E-state index contributed by atoms with van der Waals surface area (Å²) in [5, 5.41) is 27.9. The van der Waals surface area contributed by atoms with Crippen molar-refractivity contribution in [1.82, 2.24) is 24.6 Å². The highest BCUT2D eigenvalue weighted by molar-refractivity contribution is 5.60. The Morgan fingerprint density at radius 3 is 2.65 bits per heavy atom. The number of hydrogen-bond donors (Lipinski definition) is 3. The van der Waals surface area contributed by atoms with Crippen LogP contribution in [0.3, 0.4) is 0 Å². The molecule has 4 heterocycles. The number of fused-ring (bicyclic) bond motifs is 1. The molecule has 0 saturated carbocycles. The van der Waals surface area contributed by atoms with Gasteiger partial charge in [-0.2, -0.15) is 19.6 Å². The maximum atomic E-state index is 10.2. The molecule has 0 bridgehead atoms. The zero-order valence-corrected chi connectivity index (χ0v) is 19.3. The minimum absolute atomic E-state index is 0.0622. The van der Waals surface area contributed by atoms with E-state index in [0.717, 1.165) is 28.0 Å². The predicted octanol–water partition coefficient (Wildman–Crippen LogP) is 2.85. The fraction of sp³-hybridized carbons (Fsp3) is 0.360. The largest absolute Gasteiger partial charge is 0.394 e. The van der Waals surface area contributed by atoms with Crippen LogP contribution in [0.2, 0.25) is 0 Å². The number of nitrogens with zero attached hydrogens (tertiary/aromatic N) is 6. The van der Waals surface area contributed by atoms with E-state index >= 15 is 0 Å². The molecule has 0 amide bonds. The molecule has 9 nitrogen and oxygen atoms in total. The van der Waals surface area contributed by atoms with Gasteiger partial charge in [0.15, 0.2) is 5.65 Å². The summed E-state index contributed by atoms with van der Waals surface area (Å²) >= 11 is 0. The third-order valence-corrected chi connectivity index (χ3v) is 6.23. The van der Waals surface area contributed by atoms with Crippen molar-refractivity contribution >= 4 is 17.5 Å². The van der Waals surface area contributed by atoms with E-state index in [1.807, 2.05) is 29.3 Å². The molecule has 1 aromatic carbocycles. The summed E-state index contributed by atoms with van der Waals surface area (Å²) in [5.41, 5.74) is 4.84. The van der Waals surface area contributed by atoms with Gasteiger partial charge in [0.1, 0.15) is 0 Å². The summed E-state index contributed by atoms with van der Waals surface area (Å²) in [5.74, 6) is 1.29. The van der Waals surface area contributed by atoms with Crippen LogP contribution in [0.4, 0.5) is 11.9 Å². The van der Waals surface area contributed by atoms with E-state index < -0.39 is 6.10 Å². The lowest BCUT2D eigenvalue weighted by molar-refractivity contribution is 0.184. The second-order valence-electron chi connectivity index (χ2n) is 8.98. The third kappa shape index (κ3) is 4.32. The quantitative estimate of drug-likeness (QED) is 0.387. The molecular weight excluding hydrogens is 430 g/mol. The molecule has 0 radical (unpaired) electrons. The molecule has 0 unspecified atom stereocenters. The van der Waals surface area contributed by atoms with E-state index in [1.54, 1.807) is 10.7 Å². The second kappa shape index (κ2) is 9.36. The lowest BCUT2D eigenvalue weighted by atomic mass is 10.1. The fourth-order valence-electron chi connectivity index (χ4n) is 4.35. The topological polar surface area (TPSA) is 112 Å². The lowest BCUT2D eigenvalue weighted by Gasteiger charge is -2.23. The minimum Gasteiger partial charge on any atom is -0.394 e. The Kier molecular flexibility index (Phi) is 6.12. The first-order chi connectivity index (χ1) is 16.5. The molecule has 3 N–H and O–H groups in total. The van der Waals surface area contributed by atoms with Gasteiger partial charge in [0.05, 0.1) is 30.6 Å². The molecule has 2 atom stereocenters. The number of benzene rings is 1. The first-order valence-corrected chi connectivity index (χ1v) is 11.6. The summed E-state index contributed by atoms with van der Waals surface area (Å²) in [6, 6.07) is 13.9. The first kappa shape index (κ1) is 22.2. The molecule has 0 spiro atoms. The van der Waals surface area contributed by atoms with Crippen molar-refractivity contribution in [2.24, 2.45) is 0 Å². The molecule has 3 aromatic heterocycles. The Balaban J connectivity index is 1.44. The highest BCUT2D eigenvalue weighted by Crippen LogP contribution is 2.27. The van der Waals surface area contributed by atoms with Crippen LogP contribution >= 0.6 is 0 Å². The summed E-state index contributed by atoms with van der Waals surface area (Å²) in [7, 11) is 0. The average molecular weight is 460 g/mol. The smallest absolute Gasteiger partial charge is 0.231 e. The fourth-order valence-corrected chi connectivity index (χ4v) is 4.35. The highest BCUT2D eigenvalue weighted by Gasteiger charge is 2.33. The first-order valence-electron chi connectivity index (χ1n) is 11.6. The number of rotatable bonds is 7. The predicted molar refractivity (Wildman–Crippen MR) is 131 cm³/mol. The number of pyridine rings is 1. The van der Waals surface area contributed by atoms with Gasteiger partial charge in [-0.25, -0.2) is 0 Å². The summed E-state index contributed by atoms with van der Waals surface area (Å²) in [6.07, 6.45) is 3.60. The van der Waals surface area contributed by atoms with Crippen LogP contribution in [0.5, 0.6) is 0 Å². The van der Waals surface area contributed by atoms with Gasteiger partial charge in [0.25, 0.3) is 0 Å². The van der Waals surface area contributed by atoms with Crippen molar-refractivity contribution < 1.29 is 10.2 Å². The Morgan fingerprint density at radius 2 is 1.94 bits per heavy atom. The van der Waals surface area contributed by atoms with Crippen LogP contribution in [0, 0.1) is 0 Å². The summed E-state index contributed by atoms with van der Waals surface area (Å²) < 4.78 is 1.72. The third-order valence-electron chi connectivity index (χ3n) is 6.23. The second-order valence-corrected chi connectivity index (χ2v) is 8.98. The Bertz CT molecular complexity index is 1260. The molecule has 34 heavy (non-hydrogen) atoms. The van der Waals surface area contributed by atoms with E-state index in [-0.39, 0.29) is 18.6 Å². The standard InChI is InChI=1S/C25H29N7O2/c1-16(2)21-13-28-32-23(21)29-25(31-14-20(34)11-19(31)15-33)30-24(32)27-12-17-6-8-18(9-7-17)22-5-3-4-10-26-22/h3-10,13,16,19-20,33-34H,11-12,14-15H2,1-2H3,(H,27,29,30)/t19-,20+/m0/s1. The maximum absolute atomic E-state index is 10.2. The van der Waals surface area contributed by atoms with Gasteiger partial charge < -0.3 is 20.4 Å². The number of aliphatic hydroxyl groups excluding tert-OH is 2. The molecule has 176 valence electrons. The zero-order chi connectivity index (χ0) is 23.7. The van der Waals surface area contributed by atoms with Gasteiger partial charge in [-0.3, -0.25) is 4.98 Å². The van der Waals surface area contributed by atoms with Gasteiger partial charge >= 0.3 is 0 Å². The van der Waals surface area contributed by atoms with E-state index in [9.17, 15) is 10.2 Å². The molecule has 9 heteroatoms. The lowest BCUT2D eigenvalue weighted by Crippen LogP contribution is -2.34. The van der Waals surface area contributed by atoms with E-state index in [0.29, 0.717) is 31.4 Å². The van der Waals surface area contributed by atoms with Crippen LogP contribution < -0.4 is 10.2 Å². The van der Waals surface area contributed by atoms with Crippen molar-refractivity contribution in [1.29, 1.82) is 0 Å². The van der Waals surface area contributed by atoms with Crippen molar-refractivity contribution in [2.45, 2.75) is 44.9 Å². The number of hydrogen-bond acceptors (Lipinski definition) is 8. The van der Waals surface area contributed by atoms with Gasteiger partial charge in [-0.1, -0.05) is 44.2 Å². The van der Waals surface area contributed by atoms with Gasteiger partial charge in [0.2, 0.25) is 11.9 Å². The molecule has 4 aromatic rings. The average Bonchev–Trinajstić information content (AvgIpc) is 3.46. The molecular formula is C25H29N7O2. The number of aliphatic hydroxyl groups is 2. The van der Waals surface area contributed by atoms with Crippen LogP contribution in [-0.2, 0) is 6.54 Å². The van der Waals surface area contributed by atoms with Crippen LogP contribution in [0.25, 0.3) is 16.9 Å². The number of aromatic nitrogens is 5. The highest BCUT2D eigenvalue weighted by atomic mass is 16.3. The number of β-amino-alcohol motifs (C(OH)–C–C–N with tert-alkyl or cyclic N) is 1. The van der Waals surface area contributed by atoms with Gasteiger partial charge in [0, 0.05) is 30.4 Å². The molecule has 1 saturated heterocycles. The Hall–Kier alpha value is -3.56. The molecule has 0 aliphatic carbocycles. The molecule has 5 rings (SSSR count). The SMILES string of the molecule is CC(C)c1cnn2c(NCc3ccc(-c4ccccn4)cc3)nc(N3C[C@H](O)C[C@H]3CO)nc12.